The first-order chi connectivity index (χ1) is 13.0. The minimum atomic E-state index is -0.749. The van der Waals surface area contributed by atoms with Crippen LogP contribution in [0.1, 0.15) is 36.6 Å². The Morgan fingerprint density at radius 2 is 1.93 bits per heavy atom. The van der Waals surface area contributed by atoms with Crippen molar-refractivity contribution in [1.29, 1.82) is 5.26 Å². The van der Waals surface area contributed by atoms with Crippen LogP contribution >= 0.6 is 0 Å². The summed E-state index contributed by atoms with van der Waals surface area (Å²) < 4.78 is 0. The molecule has 1 saturated heterocycles. The molecule has 142 valence electrons. The Labute approximate surface area is 159 Å². The first-order valence-electron chi connectivity index (χ1n) is 9.16. The highest BCUT2D eigenvalue weighted by molar-refractivity contribution is 5.41. The van der Waals surface area contributed by atoms with Crippen molar-refractivity contribution < 1.29 is 10.2 Å². The fraction of sp³-hybridized carbons (Fsp3) is 0.450. The third-order valence-electron chi connectivity index (χ3n) is 4.86. The van der Waals surface area contributed by atoms with Crippen LogP contribution in [0.2, 0.25) is 0 Å². The molecule has 2 aromatic rings. The number of β-amino-alcohol motifs (C(OH)–C–C–N with tert-alkyl or cyclic N) is 1. The summed E-state index contributed by atoms with van der Waals surface area (Å²) in [6, 6.07) is 13.2. The summed E-state index contributed by atoms with van der Waals surface area (Å²) >= 11 is 0. The molecule has 0 saturated carbocycles. The fourth-order valence-corrected chi connectivity index (χ4v) is 3.26. The lowest BCUT2D eigenvalue weighted by atomic mass is 10.0. The highest BCUT2D eigenvalue weighted by atomic mass is 16.3. The SMILES string of the molecule is CC(C)c1ccc(CC(O)N[C@H]2CN(c3ccc(C#N)nn3)C[C@H]2O)cc1. The van der Waals surface area contributed by atoms with Gasteiger partial charge in [-0.05, 0) is 29.2 Å². The molecular weight excluding hydrogens is 342 g/mol. The molecule has 0 spiro atoms. The van der Waals surface area contributed by atoms with Gasteiger partial charge >= 0.3 is 0 Å². The zero-order chi connectivity index (χ0) is 19.4. The third kappa shape index (κ3) is 4.80. The molecule has 0 amide bonds. The molecule has 1 fully saturated rings. The molecule has 0 radical (unpaired) electrons. The lowest BCUT2D eigenvalue weighted by Gasteiger charge is -2.21. The van der Waals surface area contributed by atoms with Crippen LogP contribution in [-0.2, 0) is 6.42 Å². The van der Waals surface area contributed by atoms with Crippen LogP contribution in [0.3, 0.4) is 0 Å². The van der Waals surface area contributed by atoms with Gasteiger partial charge in [0.1, 0.15) is 12.3 Å². The summed E-state index contributed by atoms with van der Waals surface area (Å²) in [5.41, 5.74) is 2.57. The lowest BCUT2D eigenvalue weighted by molar-refractivity contribution is 0.0862. The Morgan fingerprint density at radius 3 is 2.52 bits per heavy atom. The summed E-state index contributed by atoms with van der Waals surface area (Å²) in [6.07, 6.45) is -0.903. The average molecular weight is 367 g/mol. The van der Waals surface area contributed by atoms with E-state index in [1.54, 1.807) is 12.1 Å². The number of rotatable bonds is 6. The van der Waals surface area contributed by atoms with Crippen LogP contribution in [0, 0.1) is 11.3 Å². The van der Waals surface area contributed by atoms with Crippen LogP contribution in [0.25, 0.3) is 0 Å². The Morgan fingerprint density at radius 1 is 1.19 bits per heavy atom. The first-order valence-corrected chi connectivity index (χ1v) is 9.16. The highest BCUT2D eigenvalue weighted by Crippen LogP contribution is 2.19. The van der Waals surface area contributed by atoms with E-state index < -0.39 is 12.3 Å². The molecule has 0 aliphatic carbocycles. The maximum absolute atomic E-state index is 10.4. The van der Waals surface area contributed by atoms with Crippen molar-refractivity contribution in [3.05, 3.63) is 53.2 Å². The number of hydrogen-bond donors (Lipinski definition) is 3. The van der Waals surface area contributed by atoms with Crippen LogP contribution < -0.4 is 10.2 Å². The van der Waals surface area contributed by atoms with Gasteiger partial charge in [-0.15, -0.1) is 10.2 Å². The van der Waals surface area contributed by atoms with E-state index in [-0.39, 0.29) is 11.7 Å². The van der Waals surface area contributed by atoms with Gasteiger partial charge in [-0.2, -0.15) is 5.26 Å². The predicted molar refractivity (Wildman–Crippen MR) is 102 cm³/mol. The van der Waals surface area contributed by atoms with E-state index in [0.29, 0.717) is 31.2 Å². The summed E-state index contributed by atoms with van der Waals surface area (Å²) in [5, 5.41) is 40.4. The second-order valence-corrected chi connectivity index (χ2v) is 7.25. The Bertz CT molecular complexity index is 786. The van der Waals surface area contributed by atoms with E-state index in [1.807, 2.05) is 23.1 Å². The molecule has 1 aliphatic heterocycles. The predicted octanol–water partition coefficient (Wildman–Crippen LogP) is 1.17. The molecule has 7 nitrogen and oxygen atoms in total. The molecule has 1 aromatic heterocycles. The van der Waals surface area contributed by atoms with Crippen molar-refractivity contribution in [3.63, 3.8) is 0 Å². The van der Waals surface area contributed by atoms with Gasteiger partial charge < -0.3 is 15.1 Å². The fourth-order valence-electron chi connectivity index (χ4n) is 3.26. The van der Waals surface area contributed by atoms with Gasteiger partial charge in [0.05, 0.1) is 12.1 Å². The van der Waals surface area contributed by atoms with Crippen molar-refractivity contribution in [1.82, 2.24) is 15.5 Å². The van der Waals surface area contributed by atoms with Crippen LogP contribution in [-0.4, -0.2) is 51.9 Å². The number of nitrogens with zero attached hydrogens (tertiary/aromatic N) is 4. The van der Waals surface area contributed by atoms with Crippen molar-refractivity contribution in [2.75, 3.05) is 18.0 Å². The van der Waals surface area contributed by atoms with Gasteiger partial charge in [-0.1, -0.05) is 38.1 Å². The molecule has 1 aliphatic rings. The summed E-state index contributed by atoms with van der Waals surface area (Å²) in [7, 11) is 0. The smallest absolute Gasteiger partial charge is 0.163 e. The van der Waals surface area contributed by atoms with E-state index >= 15 is 0 Å². The molecule has 7 heteroatoms. The quantitative estimate of drug-likeness (QED) is 0.658. The number of nitrogens with one attached hydrogen (secondary N) is 1. The summed E-state index contributed by atoms with van der Waals surface area (Å²) in [6.45, 7) is 5.20. The molecule has 1 aromatic carbocycles. The molecule has 3 N–H and O–H groups in total. The number of aromatic nitrogens is 2. The minimum absolute atomic E-state index is 0.257. The van der Waals surface area contributed by atoms with Crippen LogP contribution in [0.5, 0.6) is 0 Å². The van der Waals surface area contributed by atoms with Crippen molar-refractivity contribution >= 4 is 5.82 Å². The molecule has 27 heavy (non-hydrogen) atoms. The van der Waals surface area contributed by atoms with Crippen LogP contribution in [0.15, 0.2) is 36.4 Å². The monoisotopic (exact) mass is 367 g/mol. The highest BCUT2D eigenvalue weighted by Gasteiger charge is 2.33. The standard InChI is InChI=1S/C20H25N5O2/c1-13(2)15-5-3-14(4-6-15)9-20(27)22-17-11-25(12-18(17)26)19-8-7-16(10-21)23-24-19/h3-8,13,17-18,20,22,26-27H,9,11-12H2,1-2H3/t17-,18+,20?/m0/s1. The van der Waals surface area contributed by atoms with E-state index in [1.165, 1.54) is 5.56 Å². The largest absolute Gasteiger partial charge is 0.390 e. The van der Waals surface area contributed by atoms with E-state index in [9.17, 15) is 10.2 Å². The average Bonchev–Trinajstić information content (AvgIpc) is 3.02. The second kappa shape index (κ2) is 8.44. The van der Waals surface area contributed by atoms with Crippen molar-refractivity contribution in [2.45, 2.75) is 44.6 Å². The maximum Gasteiger partial charge on any atom is 0.163 e. The van der Waals surface area contributed by atoms with E-state index in [0.717, 1.165) is 5.56 Å². The molecule has 0 bridgehead atoms. The lowest BCUT2D eigenvalue weighted by Crippen LogP contribution is -2.46. The molecule has 2 heterocycles. The molecular formula is C20H25N5O2. The van der Waals surface area contributed by atoms with E-state index in [2.05, 4.69) is 41.5 Å². The number of benzene rings is 1. The van der Waals surface area contributed by atoms with Crippen molar-refractivity contribution in [3.8, 4) is 6.07 Å². The van der Waals surface area contributed by atoms with Gasteiger partial charge in [-0.3, -0.25) is 5.32 Å². The molecule has 3 rings (SSSR count). The van der Waals surface area contributed by atoms with Gasteiger partial charge in [0.15, 0.2) is 11.5 Å². The summed E-state index contributed by atoms with van der Waals surface area (Å²) in [4.78, 5) is 1.89. The number of hydrogen-bond acceptors (Lipinski definition) is 7. The number of aliphatic hydroxyl groups is 2. The van der Waals surface area contributed by atoms with Gasteiger partial charge in [0.2, 0.25) is 0 Å². The topological polar surface area (TPSA) is 105 Å². The number of anilines is 1. The minimum Gasteiger partial charge on any atom is -0.390 e. The van der Waals surface area contributed by atoms with Crippen LogP contribution in [0.4, 0.5) is 5.82 Å². The maximum atomic E-state index is 10.4. The number of aliphatic hydroxyl groups excluding tert-OH is 2. The second-order valence-electron chi connectivity index (χ2n) is 7.25. The molecule has 3 atom stereocenters. The third-order valence-corrected chi connectivity index (χ3v) is 4.86. The van der Waals surface area contributed by atoms with Gasteiger partial charge in [-0.25, -0.2) is 0 Å². The molecule has 1 unspecified atom stereocenters. The number of nitriles is 1. The Hall–Kier alpha value is -2.53. The zero-order valence-corrected chi connectivity index (χ0v) is 15.6. The Kier molecular flexibility index (Phi) is 6.01. The summed E-state index contributed by atoms with van der Waals surface area (Å²) in [5.74, 6) is 1.09. The van der Waals surface area contributed by atoms with Gasteiger partial charge in [0, 0.05) is 19.5 Å². The normalized spacial score (nSPS) is 20.7. The zero-order valence-electron chi connectivity index (χ0n) is 15.6. The first kappa shape index (κ1) is 19.2. The van der Waals surface area contributed by atoms with Crippen molar-refractivity contribution in [2.24, 2.45) is 0 Å². The Balaban J connectivity index is 1.56. The van der Waals surface area contributed by atoms with Gasteiger partial charge in [0.25, 0.3) is 0 Å². The van der Waals surface area contributed by atoms with E-state index in [4.69, 9.17) is 5.26 Å².